The van der Waals surface area contributed by atoms with Gasteiger partial charge in [0.15, 0.2) is 5.78 Å². The van der Waals surface area contributed by atoms with Gasteiger partial charge in [0.1, 0.15) is 6.10 Å². The number of carbonyl (C=O) groups excluding carboxylic acids is 1. The Morgan fingerprint density at radius 1 is 1.33 bits per heavy atom. The largest absolute Gasteiger partial charge is 0.381 e. The van der Waals surface area contributed by atoms with Crippen LogP contribution in [0.3, 0.4) is 0 Å². The summed E-state index contributed by atoms with van der Waals surface area (Å²) in [7, 11) is 0. The molecule has 0 radical (unpaired) electrons. The number of ketones is 1. The van der Waals surface area contributed by atoms with Crippen molar-refractivity contribution in [3.05, 3.63) is 0 Å². The van der Waals surface area contributed by atoms with Crippen LogP contribution < -0.4 is 5.73 Å². The molecule has 2 aliphatic rings. The molecule has 15 heavy (non-hydrogen) atoms. The first-order valence-electron chi connectivity index (χ1n) is 5.78. The van der Waals surface area contributed by atoms with E-state index in [9.17, 15) is 4.79 Å². The smallest absolute Gasteiger partial charge is 0.166 e. The maximum Gasteiger partial charge on any atom is 0.166 e. The average molecular weight is 213 g/mol. The van der Waals surface area contributed by atoms with Gasteiger partial charge in [-0.15, -0.1) is 0 Å². The maximum atomic E-state index is 12.0. The van der Waals surface area contributed by atoms with Crippen LogP contribution in [0.15, 0.2) is 0 Å². The summed E-state index contributed by atoms with van der Waals surface area (Å²) in [5.41, 5.74) is 5.51. The van der Waals surface area contributed by atoms with Gasteiger partial charge in [0.05, 0.1) is 12.7 Å². The van der Waals surface area contributed by atoms with Gasteiger partial charge in [-0.2, -0.15) is 0 Å². The molecule has 2 N–H and O–H groups in total. The molecule has 0 aromatic rings. The fraction of sp³-hybridized carbons (Fsp3) is 0.909. The van der Waals surface area contributed by atoms with E-state index >= 15 is 0 Å². The highest BCUT2D eigenvalue weighted by molar-refractivity contribution is 5.85. The van der Waals surface area contributed by atoms with Crippen LogP contribution in [-0.2, 0) is 14.3 Å². The number of Topliss-reactive ketones (excluding diaryl/α,β-unsaturated/α-hetero) is 1. The average Bonchev–Trinajstić information content (AvgIpc) is 2.78. The molecule has 86 valence electrons. The van der Waals surface area contributed by atoms with E-state index in [0.29, 0.717) is 13.2 Å². The van der Waals surface area contributed by atoms with E-state index < -0.39 is 0 Å². The predicted molar refractivity (Wildman–Crippen MR) is 55.5 cm³/mol. The van der Waals surface area contributed by atoms with E-state index in [-0.39, 0.29) is 23.9 Å². The molecule has 3 atom stereocenters. The maximum absolute atomic E-state index is 12.0. The van der Waals surface area contributed by atoms with Crippen LogP contribution >= 0.6 is 0 Å². The van der Waals surface area contributed by atoms with Crippen molar-refractivity contribution in [3.8, 4) is 0 Å². The van der Waals surface area contributed by atoms with Crippen molar-refractivity contribution >= 4 is 5.78 Å². The predicted octanol–water partition coefficient (Wildman–Crippen LogP) is 0.488. The summed E-state index contributed by atoms with van der Waals surface area (Å²) in [4.78, 5) is 12.0. The molecule has 0 spiro atoms. The molecule has 0 aliphatic carbocycles. The Labute approximate surface area is 90.1 Å². The number of rotatable bonds is 3. The van der Waals surface area contributed by atoms with Crippen LogP contribution in [0.2, 0.25) is 0 Å². The summed E-state index contributed by atoms with van der Waals surface area (Å²) >= 11 is 0. The first-order chi connectivity index (χ1) is 7.31. The van der Waals surface area contributed by atoms with Gasteiger partial charge in [-0.05, 0) is 25.7 Å². The van der Waals surface area contributed by atoms with Crippen LogP contribution in [0.5, 0.6) is 0 Å². The molecule has 2 fully saturated rings. The zero-order valence-corrected chi connectivity index (χ0v) is 8.98. The summed E-state index contributed by atoms with van der Waals surface area (Å²) in [6.45, 7) is 1.89. The first kappa shape index (κ1) is 11.0. The number of ether oxygens (including phenoxy) is 2. The summed E-state index contributed by atoms with van der Waals surface area (Å²) in [6, 6.07) is 0. The molecule has 0 amide bonds. The molecular weight excluding hydrogens is 194 g/mol. The third-order valence-corrected chi connectivity index (χ3v) is 3.25. The van der Waals surface area contributed by atoms with Crippen molar-refractivity contribution in [2.45, 2.75) is 37.9 Å². The molecule has 0 saturated carbocycles. The number of hydrogen-bond donors (Lipinski definition) is 1. The van der Waals surface area contributed by atoms with Gasteiger partial charge in [0.25, 0.3) is 0 Å². The minimum atomic E-state index is -0.217. The molecule has 2 aliphatic heterocycles. The SMILES string of the molecule is NCC1CCC(C(=O)C2CCCOC2)O1. The highest BCUT2D eigenvalue weighted by atomic mass is 16.5. The lowest BCUT2D eigenvalue weighted by Gasteiger charge is -2.23. The fourth-order valence-electron chi connectivity index (χ4n) is 2.32. The van der Waals surface area contributed by atoms with Crippen molar-refractivity contribution in [2.24, 2.45) is 11.7 Å². The van der Waals surface area contributed by atoms with Gasteiger partial charge in [0.2, 0.25) is 0 Å². The van der Waals surface area contributed by atoms with Gasteiger partial charge in [-0.25, -0.2) is 0 Å². The van der Waals surface area contributed by atoms with E-state index in [1.807, 2.05) is 0 Å². The molecular formula is C11H19NO3. The van der Waals surface area contributed by atoms with Gasteiger partial charge >= 0.3 is 0 Å². The first-order valence-corrected chi connectivity index (χ1v) is 5.78. The van der Waals surface area contributed by atoms with Crippen molar-refractivity contribution in [1.82, 2.24) is 0 Å². The Morgan fingerprint density at radius 2 is 2.20 bits per heavy atom. The zero-order chi connectivity index (χ0) is 10.7. The van der Waals surface area contributed by atoms with E-state index in [1.165, 1.54) is 0 Å². The van der Waals surface area contributed by atoms with Crippen LogP contribution in [-0.4, -0.2) is 37.7 Å². The second kappa shape index (κ2) is 5.05. The molecule has 2 rings (SSSR count). The molecule has 3 unspecified atom stereocenters. The van der Waals surface area contributed by atoms with Crippen LogP contribution in [0.1, 0.15) is 25.7 Å². The Balaban J connectivity index is 1.85. The van der Waals surface area contributed by atoms with Crippen LogP contribution in [0, 0.1) is 5.92 Å². The molecule has 2 saturated heterocycles. The Morgan fingerprint density at radius 3 is 2.80 bits per heavy atom. The number of carbonyl (C=O) groups is 1. The van der Waals surface area contributed by atoms with Gasteiger partial charge < -0.3 is 15.2 Å². The van der Waals surface area contributed by atoms with E-state index in [4.69, 9.17) is 15.2 Å². The highest BCUT2D eigenvalue weighted by Crippen LogP contribution is 2.25. The van der Waals surface area contributed by atoms with Crippen molar-refractivity contribution in [1.29, 1.82) is 0 Å². The van der Waals surface area contributed by atoms with E-state index in [2.05, 4.69) is 0 Å². The molecule has 0 aromatic heterocycles. The van der Waals surface area contributed by atoms with Crippen LogP contribution in [0.25, 0.3) is 0 Å². The molecule has 0 bridgehead atoms. The standard InChI is InChI=1S/C11H19NO3/c12-6-9-3-4-10(15-9)11(13)8-2-1-5-14-7-8/h8-10H,1-7,12H2. The second-order valence-corrected chi connectivity index (χ2v) is 4.38. The lowest BCUT2D eigenvalue weighted by Crippen LogP contribution is -2.34. The van der Waals surface area contributed by atoms with Gasteiger partial charge in [-0.1, -0.05) is 0 Å². The zero-order valence-electron chi connectivity index (χ0n) is 8.98. The summed E-state index contributed by atoms with van der Waals surface area (Å²) in [5.74, 6) is 0.283. The van der Waals surface area contributed by atoms with Gasteiger partial charge in [0, 0.05) is 19.1 Å². The monoisotopic (exact) mass is 213 g/mol. The third-order valence-electron chi connectivity index (χ3n) is 3.25. The van der Waals surface area contributed by atoms with E-state index in [1.54, 1.807) is 0 Å². The summed E-state index contributed by atoms with van der Waals surface area (Å²) < 4.78 is 10.9. The lowest BCUT2D eigenvalue weighted by atomic mass is 9.93. The Bertz CT molecular complexity index is 226. The van der Waals surface area contributed by atoms with E-state index in [0.717, 1.165) is 32.3 Å². The van der Waals surface area contributed by atoms with Crippen molar-refractivity contribution < 1.29 is 14.3 Å². The van der Waals surface area contributed by atoms with Crippen molar-refractivity contribution in [2.75, 3.05) is 19.8 Å². The quantitative estimate of drug-likeness (QED) is 0.741. The minimum Gasteiger partial charge on any atom is -0.381 e. The lowest BCUT2D eigenvalue weighted by molar-refractivity contribution is -0.137. The minimum absolute atomic E-state index is 0.0558. The topological polar surface area (TPSA) is 61.6 Å². The van der Waals surface area contributed by atoms with Crippen molar-refractivity contribution in [3.63, 3.8) is 0 Å². The van der Waals surface area contributed by atoms with Gasteiger partial charge in [-0.3, -0.25) is 4.79 Å². The third kappa shape index (κ3) is 2.56. The molecule has 2 heterocycles. The Hall–Kier alpha value is -0.450. The fourth-order valence-corrected chi connectivity index (χ4v) is 2.32. The highest BCUT2D eigenvalue weighted by Gasteiger charge is 2.34. The molecule has 0 aromatic carbocycles. The van der Waals surface area contributed by atoms with Crippen LogP contribution in [0.4, 0.5) is 0 Å². The molecule has 4 heteroatoms. The second-order valence-electron chi connectivity index (χ2n) is 4.38. The Kier molecular flexibility index (Phi) is 3.72. The number of nitrogens with two attached hydrogens (primary N) is 1. The summed E-state index contributed by atoms with van der Waals surface area (Å²) in [6.07, 6.45) is 3.56. The summed E-state index contributed by atoms with van der Waals surface area (Å²) in [5, 5.41) is 0. The normalized spacial score (nSPS) is 36.7. The number of hydrogen-bond acceptors (Lipinski definition) is 4. The molecule has 4 nitrogen and oxygen atoms in total.